The van der Waals surface area contributed by atoms with Crippen LogP contribution in [0.1, 0.15) is 25.4 Å². The van der Waals surface area contributed by atoms with Gasteiger partial charge in [-0.15, -0.1) is 0 Å². The van der Waals surface area contributed by atoms with Gasteiger partial charge in [-0.1, -0.05) is 0 Å². The van der Waals surface area contributed by atoms with Gasteiger partial charge in [0.05, 0.1) is 19.6 Å². The van der Waals surface area contributed by atoms with E-state index in [2.05, 4.69) is 5.32 Å². The Bertz CT molecular complexity index is 360. The van der Waals surface area contributed by atoms with Gasteiger partial charge in [-0.25, -0.2) is 0 Å². The van der Waals surface area contributed by atoms with Crippen LogP contribution in [0, 0.1) is 0 Å². The van der Waals surface area contributed by atoms with Crippen molar-refractivity contribution in [3.05, 3.63) is 23.7 Å². The first-order valence-corrected chi connectivity index (χ1v) is 5.85. The minimum Gasteiger partial charge on any atom is -0.463 e. The summed E-state index contributed by atoms with van der Waals surface area (Å²) in [7, 11) is 1.78. The van der Waals surface area contributed by atoms with Crippen molar-refractivity contribution in [1.82, 2.24) is 10.2 Å². The lowest BCUT2D eigenvalue weighted by Crippen LogP contribution is -2.38. The van der Waals surface area contributed by atoms with E-state index in [1.807, 2.05) is 0 Å². The topological polar surface area (TPSA) is 28.4 Å². The Morgan fingerprint density at radius 1 is 1.28 bits per heavy atom. The van der Waals surface area contributed by atoms with Crippen LogP contribution >= 0.6 is 0 Å². The van der Waals surface area contributed by atoms with E-state index in [1.165, 1.54) is 4.90 Å². The second kappa shape index (κ2) is 6.24. The van der Waals surface area contributed by atoms with Gasteiger partial charge < -0.3 is 9.73 Å². The number of halogens is 3. The van der Waals surface area contributed by atoms with Gasteiger partial charge in [-0.2, -0.15) is 13.2 Å². The average molecular weight is 264 g/mol. The fraction of sp³-hybridized carbons (Fsp3) is 0.667. The zero-order chi connectivity index (χ0) is 13.8. The van der Waals surface area contributed by atoms with Crippen LogP contribution in [0.2, 0.25) is 0 Å². The average Bonchev–Trinajstić information content (AvgIpc) is 2.63. The summed E-state index contributed by atoms with van der Waals surface area (Å²) in [6.45, 7) is 3.29. The molecule has 0 bridgehead atoms. The van der Waals surface area contributed by atoms with E-state index in [1.54, 1.807) is 33.0 Å². The molecule has 1 N–H and O–H groups in total. The molecular formula is C12H19F3N2O. The van der Waals surface area contributed by atoms with Gasteiger partial charge in [0.15, 0.2) is 0 Å². The summed E-state index contributed by atoms with van der Waals surface area (Å²) >= 11 is 0. The summed E-state index contributed by atoms with van der Waals surface area (Å²) in [6, 6.07) is 3.31. The molecule has 1 rings (SSSR count). The lowest BCUT2D eigenvalue weighted by Gasteiger charge is -2.26. The van der Waals surface area contributed by atoms with Gasteiger partial charge in [0.25, 0.3) is 0 Å². The van der Waals surface area contributed by atoms with Crippen LogP contribution in [0.5, 0.6) is 0 Å². The maximum atomic E-state index is 12.4. The van der Waals surface area contributed by atoms with Crippen molar-refractivity contribution in [1.29, 1.82) is 0 Å². The number of rotatable bonds is 6. The van der Waals surface area contributed by atoms with Gasteiger partial charge in [0.1, 0.15) is 11.5 Å². The molecule has 0 saturated heterocycles. The smallest absolute Gasteiger partial charge is 0.401 e. The predicted molar refractivity (Wildman–Crippen MR) is 63.1 cm³/mol. The van der Waals surface area contributed by atoms with Crippen LogP contribution in [0.15, 0.2) is 16.5 Å². The van der Waals surface area contributed by atoms with Gasteiger partial charge in [0.2, 0.25) is 0 Å². The predicted octanol–water partition coefficient (Wildman–Crippen LogP) is 2.77. The van der Waals surface area contributed by atoms with E-state index in [9.17, 15) is 13.2 Å². The first-order chi connectivity index (χ1) is 8.31. The third-order valence-corrected chi connectivity index (χ3v) is 2.54. The number of alkyl halides is 3. The highest BCUT2D eigenvalue weighted by Crippen LogP contribution is 2.20. The zero-order valence-electron chi connectivity index (χ0n) is 10.8. The van der Waals surface area contributed by atoms with E-state index in [0.29, 0.717) is 12.3 Å². The Morgan fingerprint density at radius 2 is 1.89 bits per heavy atom. The highest BCUT2D eigenvalue weighted by Gasteiger charge is 2.32. The second-order valence-electron chi connectivity index (χ2n) is 4.51. The van der Waals surface area contributed by atoms with Crippen LogP contribution < -0.4 is 5.32 Å². The van der Waals surface area contributed by atoms with E-state index in [0.717, 1.165) is 5.76 Å². The number of hydrogen-bond acceptors (Lipinski definition) is 3. The molecule has 0 unspecified atom stereocenters. The largest absolute Gasteiger partial charge is 0.463 e. The molecule has 3 nitrogen and oxygen atoms in total. The first-order valence-electron chi connectivity index (χ1n) is 5.85. The van der Waals surface area contributed by atoms with Crippen LogP contribution in [0.4, 0.5) is 13.2 Å². The number of nitrogens with one attached hydrogen (secondary N) is 1. The Hall–Kier alpha value is -1.01. The van der Waals surface area contributed by atoms with Crippen molar-refractivity contribution in [2.45, 2.75) is 39.2 Å². The highest BCUT2D eigenvalue weighted by molar-refractivity contribution is 5.07. The number of furan rings is 1. The lowest BCUT2D eigenvalue weighted by atomic mass is 10.3. The first kappa shape index (κ1) is 15.0. The molecule has 0 atom stereocenters. The maximum absolute atomic E-state index is 12.4. The van der Waals surface area contributed by atoms with E-state index in [-0.39, 0.29) is 12.6 Å². The minimum atomic E-state index is -4.19. The van der Waals surface area contributed by atoms with Gasteiger partial charge in [0, 0.05) is 6.04 Å². The van der Waals surface area contributed by atoms with E-state index in [4.69, 9.17) is 4.42 Å². The molecule has 0 aromatic carbocycles. The van der Waals surface area contributed by atoms with E-state index >= 15 is 0 Å². The van der Waals surface area contributed by atoms with Crippen molar-refractivity contribution < 1.29 is 17.6 Å². The quantitative estimate of drug-likeness (QED) is 0.856. The molecule has 18 heavy (non-hydrogen) atoms. The van der Waals surface area contributed by atoms with Crippen molar-refractivity contribution in [3.8, 4) is 0 Å². The SMILES string of the molecule is CNCc1ccc(CN(CC(F)(F)F)C(C)C)o1. The zero-order valence-corrected chi connectivity index (χ0v) is 10.8. The molecule has 1 heterocycles. The lowest BCUT2D eigenvalue weighted by molar-refractivity contribution is -0.151. The highest BCUT2D eigenvalue weighted by atomic mass is 19.4. The third-order valence-electron chi connectivity index (χ3n) is 2.54. The Kier molecular flexibility index (Phi) is 5.22. The summed E-state index contributed by atoms with van der Waals surface area (Å²) in [6.07, 6.45) is -4.19. The van der Waals surface area contributed by atoms with Crippen LogP contribution in [0.3, 0.4) is 0 Å². The fourth-order valence-corrected chi connectivity index (χ4v) is 1.63. The molecule has 0 aliphatic carbocycles. The molecule has 0 aliphatic heterocycles. The molecule has 1 aromatic heterocycles. The summed E-state index contributed by atoms with van der Waals surface area (Å²) in [5.74, 6) is 1.28. The van der Waals surface area contributed by atoms with Crippen molar-refractivity contribution in [2.75, 3.05) is 13.6 Å². The standard InChI is InChI=1S/C12H19F3N2O/c1-9(2)17(8-12(13,14)15)7-11-5-4-10(18-11)6-16-3/h4-5,9,16H,6-8H2,1-3H3. The van der Waals surface area contributed by atoms with Gasteiger partial charge in [-0.05, 0) is 33.0 Å². The second-order valence-corrected chi connectivity index (χ2v) is 4.51. The molecule has 0 aliphatic rings. The Morgan fingerprint density at radius 3 is 2.39 bits per heavy atom. The summed E-state index contributed by atoms with van der Waals surface area (Å²) in [5.41, 5.74) is 0. The van der Waals surface area contributed by atoms with Crippen LogP contribution in [0.25, 0.3) is 0 Å². The third kappa shape index (κ3) is 5.10. The summed E-state index contributed by atoms with van der Waals surface area (Å²) < 4.78 is 42.7. The summed E-state index contributed by atoms with van der Waals surface area (Å²) in [5, 5.41) is 2.92. The molecule has 0 spiro atoms. The number of hydrogen-bond donors (Lipinski definition) is 1. The van der Waals surface area contributed by atoms with E-state index < -0.39 is 12.7 Å². The maximum Gasteiger partial charge on any atom is 0.401 e. The molecular weight excluding hydrogens is 245 g/mol. The normalized spacial score (nSPS) is 12.7. The van der Waals surface area contributed by atoms with Gasteiger partial charge in [-0.3, -0.25) is 4.90 Å². The minimum absolute atomic E-state index is 0.168. The molecule has 104 valence electrons. The van der Waals surface area contributed by atoms with Crippen LogP contribution in [-0.2, 0) is 13.1 Å². The summed E-state index contributed by atoms with van der Waals surface area (Å²) in [4.78, 5) is 1.34. The number of nitrogens with zero attached hydrogens (tertiary/aromatic N) is 1. The van der Waals surface area contributed by atoms with Crippen molar-refractivity contribution in [2.24, 2.45) is 0 Å². The fourth-order valence-electron chi connectivity index (χ4n) is 1.63. The monoisotopic (exact) mass is 264 g/mol. The molecule has 0 fully saturated rings. The Balaban J connectivity index is 2.65. The molecule has 1 aromatic rings. The Labute approximate surface area is 105 Å². The van der Waals surface area contributed by atoms with Gasteiger partial charge >= 0.3 is 6.18 Å². The van der Waals surface area contributed by atoms with Crippen molar-refractivity contribution in [3.63, 3.8) is 0 Å². The molecule has 6 heteroatoms. The molecule has 0 amide bonds. The van der Waals surface area contributed by atoms with Crippen molar-refractivity contribution >= 4 is 0 Å². The molecule has 0 saturated carbocycles. The molecule has 0 radical (unpaired) electrons. The van der Waals surface area contributed by atoms with Crippen LogP contribution in [-0.4, -0.2) is 30.7 Å².